The Kier molecular flexibility index (Phi) is 6.27. The molecule has 0 bridgehead atoms. The van der Waals surface area contributed by atoms with Crippen molar-refractivity contribution in [1.29, 1.82) is 0 Å². The van der Waals surface area contributed by atoms with Crippen LogP contribution in [-0.4, -0.2) is 41.6 Å². The molecular formula is C23H31N5O. The molecule has 2 aliphatic rings. The molecule has 3 heterocycles. The lowest BCUT2D eigenvalue weighted by Gasteiger charge is -2.35. The first-order valence-electron chi connectivity index (χ1n) is 11.0. The Morgan fingerprint density at radius 2 is 1.76 bits per heavy atom. The molecule has 6 heteroatoms. The quantitative estimate of drug-likeness (QED) is 0.811. The summed E-state index contributed by atoms with van der Waals surface area (Å²) in [7, 11) is 0. The molecule has 0 spiro atoms. The van der Waals surface area contributed by atoms with E-state index in [1.807, 2.05) is 12.1 Å². The number of hydrogen-bond acceptors (Lipinski definition) is 5. The van der Waals surface area contributed by atoms with Gasteiger partial charge in [0.15, 0.2) is 0 Å². The van der Waals surface area contributed by atoms with Crippen molar-refractivity contribution in [3.8, 4) is 0 Å². The van der Waals surface area contributed by atoms with Gasteiger partial charge in [0.2, 0.25) is 0 Å². The van der Waals surface area contributed by atoms with Gasteiger partial charge in [0.05, 0.1) is 12.4 Å². The summed E-state index contributed by atoms with van der Waals surface area (Å²) in [4.78, 5) is 26.2. The zero-order chi connectivity index (χ0) is 20.1. The molecule has 2 saturated heterocycles. The van der Waals surface area contributed by atoms with Crippen molar-refractivity contribution in [3.05, 3.63) is 42.4 Å². The summed E-state index contributed by atoms with van der Waals surface area (Å²) in [5.41, 5.74) is 2.35. The lowest BCUT2D eigenvalue weighted by molar-refractivity contribution is 0.102. The molecule has 1 aromatic heterocycles. The van der Waals surface area contributed by atoms with Gasteiger partial charge in [-0.15, -0.1) is 0 Å². The predicted octanol–water partition coefficient (Wildman–Crippen LogP) is 4.49. The average molecular weight is 394 g/mol. The molecule has 2 aromatic rings. The van der Waals surface area contributed by atoms with E-state index in [4.69, 9.17) is 0 Å². The Bertz CT molecular complexity index is 799. The number of aromatic nitrogens is 2. The molecule has 2 aliphatic heterocycles. The Labute approximate surface area is 173 Å². The lowest BCUT2D eigenvalue weighted by Crippen LogP contribution is -2.39. The van der Waals surface area contributed by atoms with Crippen LogP contribution in [0.4, 0.5) is 17.2 Å². The third-order valence-electron chi connectivity index (χ3n) is 6.11. The third kappa shape index (κ3) is 4.69. The van der Waals surface area contributed by atoms with E-state index in [1.165, 1.54) is 44.2 Å². The van der Waals surface area contributed by atoms with Crippen LogP contribution in [-0.2, 0) is 0 Å². The summed E-state index contributed by atoms with van der Waals surface area (Å²) < 4.78 is 0. The molecular weight excluding hydrogens is 362 g/mol. The Balaban J connectivity index is 1.38. The highest BCUT2D eigenvalue weighted by molar-refractivity contribution is 6.02. The number of piperidine rings is 2. The van der Waals surface area contributed by atoms with Crippen molar-refractivity contribution in [1.82, 2.24) is 9.97 Å². The summed E-state index contributed by atoms with van der Waals surface area (Å²) in [5.74, 6) is 0.652. The normalized spacial score (nSPS) is 19.8. The lowest BCUT2D eigenvalue weighted by atomic mass is 10.0. The first-order valence-corrected chi connectivity index (χ1v) is 11.0. The molecule has 1 atom stereocenters. The van der Waals surface area contributed by atoms with E-state index >= 15 is 0 Å². The van der Waals surface area contributed by atoms with Crippen molar-refractivity contribution in [3.63, 3.8) is 0 Å². The van der Waals surface area contributed by atoms with E-state index < -0.39 is 0 Å². The van der Waals surface area contributed by atoms with Gasteiger partial charge in [-0.25, -0.2) is 9.97 Å². The van der Waals surface area contributed by atoms with Crippen LogP contribution >= 0.6 is 0 Å². The number of anilines is 3. The van der Waals surface area contributed by atoms with Crippen LogP contribution < -0.4 is 15.1 Å². The minimum atomic E-state index is -0.222. The molecule has 1 unspecified atom stereocenters. The van der Waals surface area contributed by atoms with Gasteiger partial charge in [0, 0.05) is 37.1 Å². The van der Waals surface area contributed by atoms with Crippen LogP contribution in [0.15, 0.2) is 36.7 Å². The average Bonchev–Trinajstić information content (AvgIpc) is 2.80. The number of hydrogen-bond donors (Lipinski definition) is 1. The summed E-state index contributed by atoms with van der Waals surface area (Å²) in [6.45, 7) is 5.46. The fourth-order valence-electron chi connectivity index (χ4n) is 4.42. The van der Waals surface area contributed by atoms with Crippen molar-refractivity contribution in [2.75, 3.05) is 34.8 Å². The second-order valence-electron chi connectivity index (χ2n) is 8.06. The number of benzene rings is 1. The molecule has 1 aromatic carbocycles. The SMILES string of the molecule is CCC1CCCCN1c1cnc(C(=O)Nc2ccc(N3CCCCC3)cc2)cn1. The molecule has 154 valence electrons. The van der Waals surface area contributed by atoms with Gasteiger partial charge in [-0.05, 0) is 69.2 Å². The molecule has 1 N–H and O–H groups in total. The van der Waals surface area contributed by atoms with E-state index in [2.05, 4.69) is 44.1 Å². The largest absolute Gasteiger partial charge is 0.372 e. The van der Waals surface area contributed by atoms with E-state index in [1.54, 1.807) is 12.4 Å². The number of carbonyl (C=O) groups excluding carboxylic acids is 1. The highest BCUT2D eigenvalue weighted by atomic mass is 16.1. The smallest absolute Gasteiger partial charge is 0.275 e. The zero-order valence-electron chi connectivity index (χ0n) is 17.3. The summed E-state index contributed by atoms with van der Waals surface area (Å²) >= 11 is 0. The van der Waals surface area contributed by atoms with E-state index in [0.29, 0.717) is 11.7 Å². The zero-order valence-corrected chi connectivity index (χ0v) is 17.3. The molecule has 0 radical (unpaired) electrons. The van der Waals surface area contributed by atoms with Crippen LogP contribution in [0.1, 0.15) is 62.4 Å². The van der Waals surface area contributed by atoms with Crippen LogP contribution in [0, 0.1) is 0 Å². The second kappa shape index (κ2) is 9.25. The second-order valence-corrected chi connectivity index (χ2v) is 8.06. The van der Waals surface area contributed by atoms with E-state index in [-0.39, 0.29) is 5.91 Å². The number of rotatable bonds is 5. The van der Waals surface area contributed by atoms with Crippen LogP contribution in [0.2, 0.25) is 0 Å². The minimum absolute atomic E-state index is 0.222. The minimum Gasteiger partial charge on any atom is -0.372 e. The molecule has 4 rings (SSSR count). The molecule has 1 amide bonds. The Morgan fingerprint density at radius 3 is 2.45 bits per heavy atom. The van der Waals surface area contributed by atoms with Crippen LogP contribution in [0.25, 0.3) is 0 Å². The summed E-state index contributed by atoms with van der Waals surface area (Å²) in [6.07, 6.45) is 11.9. The number of nitrogens with one attached hydrogen (secondary N) is 1. The third-order valence-corrected chi connectivity index (χ3v) is 6.11. The van der Waals surface area contributed by atoms with Crippen LogP contribution in [0.5, 0.6) is 0 Å². The van der Waals surface area contributed by atoms with Gasteiger partial charge in [-0.2, -0.15) is 0 Å². The first kappa shape index (κ1) is 19.7. The first-order chi connectivity index (χ1) is 14.2. The Morgan fingerprint density at radius 1 is 1.00 bits per heavy atom. The van der Waals surface area contributed by atoms with Crippen molar-refractivity contribution in [2.24, 2.45) is 0 Å². The maximum Gasteiger partial charge on any atom is 0.275 e. The van der Waals surface area contributed by atoms with Gasteiger partial charge in [-0.1, -0.05) is 6.92 Å². The highest BCUT2D eigenvalue weighted by Gasteiger charge is 2.22. The van der Waals surface area contributed by atoms with Gasteiger partial charge in [0.1, 0.15) is 11.5 Å². The molecule has 2 fully saturated rings. The van der Waals surface area contributed by atoms with Gasteiger partial charge in [0.25, 0.3) is 5.91 Å². The van der Waals surface area contributed by atoms with E-state index in [9.17, 15) is 4.79 Å². The van der Waals surface area contributed by atoms with Crippen molar-refractivity contribution in [2.45, 2.75) is 57.9 Å². The fourth-order valence-corrected chi connectivity index (χ4v) is 4.42. The summed E-state index contributed by atoms with van der Waals surface area (Å²) in [6, 6.07) is 8.61. The number of carbonyl (C=O) groups is 1. The fraction of sp³-hybridized carbons (Fsp3) is 0.522. The predicted molar refractivity (Wildman–Crippen MR) is 118 cm³/mol. The molecule has 0 saturated carbocycles. The Hall–Kier alpha value is -2.63. The number of nitrogens with zero attached hydrogens (tertiary/aromatic N) is 4. The maximum absolute atomic E-state index is 12.6. The molecule has 29 heavy (non-hydrogen) atoms. The van der Waals surface area contributed by atoms with Gasteiger partial charge >= 0.3 is 0 Å². The monoisotopic (exact) mass is 393 g/mol. The molecule has 6 nitrogen and oxygen atoms in total. The van der Waals surface area contributed by atoms with Crippen molar-refractivity contribution < 1.29 is 4.79 Å². The van der Waals surface area contributed by atoms with Crippen molar-refractivity contribution >= 4 is 23.1 Å². The molecule has 0 aliphatic carbocycles. The van der Waals surface area contributed by atoms with Gasteiger partial charge < -0.3 is 15.1 Å². The van der Waals surface area contributed by atoms with Crippen LogP contribution in [0.3, 0.4) is 0 Å². The maximum atomic E-state index is 12.6. The van der Waals surface area contributed by atoms with E-state index in [0.717, 1.165) is 37.6 Å². The standard InChI is InChI=1S/C23H31N5O/c1-2-19-8-4-7-15-28(19)22-17-24-21(16-25-22)23(29)26-18-9-11-20(12-10-18)27-13-5-3-6-14-27/h9-12,16-17,19H,2-8,13-15H2,1H3,(H,26,29). The summed E-state index contributed by atoms with van der Waals surface area (Å²) in [5, 5.41) is 2.93. The topological polar surface area (TPSA) is 61.4 Å². The highest BCUT2D eigenvalue weighted by Crippen LogP contribution is 2.25. The van der Waals surface area contributed by atoms with Gasteiger partial charge in [-0.3, -0.25) is 4.79 Å². The number of amides is 1.